The summed E-state index contributed by atoms with van der Waals surface area (Å²) < 4.78 is 0. The molecule has 2 N–H and O–H groups in total. The summed E-state index contributed by atoms with van der Waals surface area (Å²) in [6.07, 6.45) is 0. The number of para-hydroxylation sites is 2. The van der Waals surface area contributed by atoms with Crippen LogP contribution in [0, 0.1) is 13.8 Å². The van der Waals surface area contributed by atoms with Crippen LogP contribution in [0.1, 0.15) is 93.6 Å². The minimum atomic E-state index is -0.144. The van der Waals surface area contributed by atoms with Gasteiger partial charge in [0, 0.05) is 22.5 Å². The van der Waals surface area contributed by atoms with Crippen molar-refractivity contribution in [2.45, 2.75) is 53.4 Å². The zero-order valence-electron chi connectivity index (χ0n) is 22.9. The van der Waals surface area contributed by atoms with Crippen LogP contribution in [0.2, 0.25) is 0 Å². The van der Waals surface area contributed by atoms with Crippen molar-refractivity contribution in [2.24, 2.45) is 0 Å². The molecule has 0 unspecified atom stereocenters. The van der Waals surface area contributed by atoms with Crippen LogP contribution in [-0.2, 0) is 0 Å². The summed E-state index contributed by atoms with van der Waals surface area (Å²) in [7, 11) is 0. The molecule has 0 aliphatic heterocycles. The Morgan fingerprint density at radius 1 is 0.526 bits per heavy atom. The molecule has 4 aromatic carbocycles. The number of aryl methyl sites for hydroxylation is 2. The molecule has 4 aromatic rings. The standard InChI is InChI=1S/C34H34N2O2/c1-19(2)23-15-9-11-21(5)31(23)35-27-17-18-28(36-32-22(6)12-10-16-24(32)20(3)4)30-29(27)33(37)25-13-7-8-14-26(25)34(30)38/h7-20,35-36H,1-6H3. The van der Waals surface area contributed by atoms with E-state index in [1.807, 2.05) is 24.3 Å². The molecule has 0 amide bonds. The molecule has 0 heterocycles. The predicted octanol–water partition coefficient (Wildman–Crippen LogP) is 8.81. The zero-order valence-corrected chi connectivity index (χ0v) is 22.9. The van der Waals surface area contributed by atoms with Crippen molar-refractivity contribution in [3.05, 3.63) is 117 Å². The second-order valence-corrected chi connectivity index (χ2v) is 10.8. The molecule has 5 rings (SSSR count). The smallest absolute Gasteiger partial charge is 0.196 e. The molecule has 0 radical (unpaired) electrons. The molecule has 0 fully saturated rings. The average molecular weight is 503 g/mol. The van der Waals surface area contributed by atoms with Gasteiger partial charge in [0.15, 0.2) is 11.6 Å². The number of fused-ring (bicyclic) bond motifs is 2. The van der Waals surface area contributed by atoms with Crippen molar-refractivity contribution in [3.63, 3.8) is 0 Å². The maximum atomic E-state index is 14.0. The molecule has 0 saturated carbocycles. The van der Waals surface area contributed by atoms with E-state index in [9.17, 15) is 9.59 Å². The lowest BCUT2D eigenvalue weighted by atomic mass is 9.82. The van der Waals surface area contributed by atoms with Gasteiger partial charge in [0.25, 0.3) is 0 Å². The number of rotatable bonds is 6. The third kappa shape index (κ3) is 4.30. The van der Waals surface area contributed by atoms with E-state index in [0.717, 1.165) is 33.6 Å². The highest BCUT2D eigenvalue weighted by Gasteiger charge is 2.34. The summed E-state index contributed by atoms with van der Waals surface area (Å²) in [6, 6.07) is 23.4. The van der Waals surface area contributed by atoms with Crippen LogP contribution in [0.4, 0.5) is 22.7 Å². The Morgan fingerprint density at radius 2 is 0.921 bits per heavy atom. The fourth-order valence-corrected chi connectivity index (χ4v) is 5.39. The summed E-state index contributed by atoms with van der Waals surface area (Å²) in [5, 5.41) is 7.13. The Bertz CT molecular complexity index is 1460. The van der Waals surface area contributed by atoms with E-state index in [0.29, 0.717) is 45.5 Å². The molecule has 4 heteroatoms. The Kier molecular flexibility index (Phi) is 6.66. The number of benzene rings is 4. The average Bonchev–Trinajstić information content (AvgIpc) is 2.89. The van der Waals surface area contributed by atoms with E-state index in [-0.39, 0.29) is 11.6 Å². The van der Waals surface area contributed by atoms with Crippen molar-refractivity contribution < 1.29 is 9.59 Å². The lowest BCUT2D eigenvalue weighted by molar-refractivity contribution is 0.0980. The van der Waals surface area contributed by atoms with Crippen molar-refractivity contribution in [2.75, 3.05) is 10.6 Å². The van der Waals surface area contributed by atoms with Gasteiger partial charge in [-0.2, -0.15) is 0 Å². The van der Waals surface area contributed by atoms with Crippen molar-refractivity contribution >= 4 is 34.3 Å². The van der Waals surface area contributed by atoms with Gasteiger partial charge in [0.2, 0.25) is 0 Å². The Labute approximate surface area is 225 Å². The van der Waals surface area contributed by atoms with Gasteiger partial charge in [0.1, 0.15) is 0 Å². The van der Waals surface area contributed by atoms with Crippen LogP contribution < -0.4 is 10.6 Å². The van der Waals surface area contributed by atoms with Gasteiger partial charge < -0.3 is 10.6 Å². The Hall–Kier alpha value is -4.18. The van der Waals surface area contributed by atoms with E-state index in [2.05, 4.69) is 88.6 Å². The number of hydrogen-bond donors (Lipinski definition) is 2. The first-order valence-electron chi connectivity index (χ1n) is 13.3. The van der Waals surface area contributed by atoms with E-state index < -0.39 is 0 Å². The van der Waals surface area contributed by atoms with Crippen molar-refractivity contribution in [1.29, 1.82) is 0 Å². The fourth-order valence-electron chi connectivity index (χ4n) is 5.39. The highest BCUT2D eigenvalue weighted by Crippen LogP contribution is 2.41. The first-order valence-corrected chi connectivity index (χ1v) is 13.3. The maximum absolute atomic E-state index is 14.0. The highest BCUT2D eigenvalue weighted by molar-refractivity contribution is 6.32. The lowest BCUT2D eigenvalue weighted by Gasteiger charge is -2.26. The Balaban J connectivity index is 1.72. The largest absolute Gasteiger partial charge is 0.354 e. The monoisotopic (exact) mass is 502 g/mol. The van der Waals surface area contributed by atoms with Crippen LogP contribution in [0.15, 0.2) is 72.8 Å². The van der Waals surface area contributed by atoms with E-state index in [1.165, 1.54) is 0 Å². The quantitative estimate of drug-likeness (QED) is 0.243. The van der Waals surface area contributed by atoms with Crippen molar-refractivity contribution in [1.82, 2.24) is 0 Å². The molecule has 0 saturated heterocycles. The molecule has 192 valence electrons. The number of nitrogens with one attached hydrogen (secondary N) is 2. The lowest BCUT2D eigenvalue weighted by Crippen LogP contribution is -2.23. The molecule has 38 heavy (non-hydrogen) atoms. The summed E-state index contributed by atoms with van der Waals surface area (Å²) in [6.45, 7) is 12.7. The van der Waals surface area contributed by atoms with Crippen LogP contribution in [0.3, 0.4) is 0 Å². The fraction of sp³-hybridized carbons (Fsp3) is 0.235. The number of anilines is 4. The Morgan fingerprint density at radius 3 is 1.29 bits per heavy atom. The topological polar surface area (TPSA) is 58.2 Å². The van der Waals surface area contributed by atoms with Gasteiger partial charge in [0.05, 0.1) is 22.5 Å². The van der Waals surface area contributed by atoms with E-state index in [1.54, 1.807) is 12.1 Å². The first-order chi connectivity index (χ1) is 18.2. The molecule has 0 spiro atoms. The summed E-state index contributed by atoms with van der Waals surface area (Å²) in [4.78, 5) is 28.0. The van der Waals surface area contributed by atoms with Gasteiger partial charge in [-0.3, -0.25) is 9.59 Å². The number of hydrogen-bond acceptors (Lipinski definition) is 4. The number of carbonyl (C=O) groups is 2. The number of carbonyl (C=O) groups excluding carboxylic acids is 2. The molecule has 0 aromatic heterocycles. The van der Waals surface area contributed by atoms with E-state index in [4.69, 9.17) is 0 Å². The molecule has 1 aliphatic rings. The molecular formula is C34H34N2O2. The molecule has 4 nitrogen and oxygen atoms in total. The van der Waals surface area contributed by atoms with Crippen LogP contribution in [0.5, 0.6) is 0 Å². The van der Waals surface area contributed by atoms with Gasteiger partial charge >= 0.3 is 0 Å². The van der Waals surface area contributed by atoms with Gasteiger partial charge in [-0.15, -0.1) is 0 Å². The van der Waals surface area contributed by atoms with Crippen molar-refractivity contribution in [3.8, 4) is 0 Å². The number of ketones is 2. The van der Waals surface area contributed by atoms with E-state index >= 15 is 0 Å². The SMILES string of the molecule is Cc1cccc(C(C)C)c1Nc1ccc(Nc2c(C)cccc2C(C)C)c2c1C(=O)c1ccccc1C2=O. The van der Waals surface area contributed by atoms with Crippen LogP contribution in [0.25, 0.3) is 0 Å². The summed E-state index contributed by atoms with van der Waals surface area (Å²) in [5.74, 6) is 0.301. The van der Waals surface area contributed by atoms with Crippen LogP contribution >= 0.6 is 0 Å². The predicted molar refractivity (Wildman–Crippen MR) is 157 cm³/mol. The normalized spacial score (nSPS) is 12.5. The molecule has 1 aliphatic carbocycles. The summed E-state index contributed by atoms with van der Waals surface area (Å²) >= 11 is 0. The highest BCUT2D eigenvalue weighted by atomic mass is 16.1. The van der Waals surface area contributed by atoms with Crippen LogP contribution in [-0.4, -0.2) is 11.6 Å². The summed E-state index contributed by atoms with van der Waals surface area (Å²) in [5.41, 5.74) is 9.45. The second kappa shape index (κ2) is 9.94. The molecule has 0 bridgehead atoms. The zero-order chi connectivity index (χ0) is 27.1. The van der Waals surface area contributed by atoms with Gasteiger partial charge in [-0.05, 0) is 60.1 Å². The molecular weight excluding hydrogens is 468 g/mol. The maximum Gasteiger partial charge on any atom is 0.196 e. The first kappa shape index (κ1) is 25.5. The molecule has 0 atom stereocenters. The minimum Gasteiger partial charge on any atom is -0.354 e. The second-order valence-electron chi connectivity index (χ2n) is 10.8. The minimum absolute atomic E-state index is 0.144. The third-order valence-electron chi connectivity index (χ3n) is 7.45. The van der Waals surface area contributed by atoms with Gasteiger partial charge in [-0.25, -0.2) is 0 Å². The van der Waals surface area contributed by atoms with Gasteiger partial charge in [-0.1, -0.05) is 88.4 Å². The third-order valence-corrected chi connectivity index (χ3v) is 7.45.